The summed E-state index contributed by atoms with van der Waals surface area (Å²) < 4.78 is -3.95. The number of carboxylic acid groups (broad SMARTS) is 2. The van der Waals surface area contributed by atoms with E-state index in [0.717, 1.165) is 44.9 Å². The first-order chi connectivity index (χ1) is 10.1. The van der Waals surface area contributed by atoms with Crippen molar-refractivity contribution in [3.05, 3.63) is 0 Å². The predicted octanol–water partition coefficient (Wildman–Crippen LogP) is 5.40. The zero-order chi connectivity index (χ0) is 17.2. The molecule has 2 N–H and O–H groups in total. The fraction of sp³-hybridized carbons (Fsp3) is 0.857. The van der Waals surface area contributed by atoms with Crippen LogP contribution in [-0.2, 0) is 9.59 Å². The Morgan fingerprint density at radius 2 is 1.14 bits per heavy atom. The van der Waals surface area contributed by atoms with Crippen molar-refractivity contribution < 1.29 is 19.8 Å². The Hall–Kier alpha value is 0.1000. The molecule has 130 valence electrons. The van der Waals surface area contributed by atoms with E-state index in [9.17, 15) is 9.59 Å². The fourth-order valence-corrected chi connectivity index (χ4v) is 2.62. The molecule has 0 aliphatic heterocycles. The molecule has 4 nitrogen and oxygen atoms in total. The van der Waals surface area contributed by atoms with Crippen molar-refractivity contribution in [1.29, 1.82) is 0 Å². The Labute approximate surface area is 151 Å². The van der Waals surface area contributed by atoms with Crippen molar-refractivity contribution in [3.8, 4) is 0 Å². The highest BCUT2D eigenvalue weighted by molar-refractivity contribution is 6.68. The second kappa shape index (κ2) is 10.8. The van der Waals surface area contributed by atoms with E-state index < -0.39 is 20.6 Å². The van der Waals surface area contributed by atoms with Gasteiger partial charge in [0.15, 0.2) is 4.33 Å². The minimum Gasteiger partial charge on any atom is -0.481 e. The van der Waals surface area contributed by atoms with E-state index in [1.807, 2.05) is 0 Å². The molecule has 0 fully saturated rings. The van der Waals surface area contributed by atoms with Gasteiger partial charge in [0, 0.05) is 6.42 Å². The number of rotatable bonds is 13. The molecule has 8 heteroatoms. The number of halogens is 4. The zero-order valence-corrected chi connectivity index (χ0v) is 15.3. The summed E-state index contributed by atoms with van der Waals surface area (Å²) in [4.78, 5) is 21.2. The van der Waals surface area contributed by atoms with Gasteiger partial charge in [-0.3, -0.25) is 4.79 Å². The van der Waals surface area contributed by atoms with E-state index in [2.05, 4.69) is 0 Å². The number of unbranched alkanes of at least 4 members (excludes halogenated alkanes) is 7. The topological polar surface area (TPSA) is 74.6 Å². The lowest BCUT2D eigenvalue weighted by atomic mass is 10.0. The smallest absolute Gasteiger partial charge is 0.343 e. The van der Waals surface area contributed by atoms with Crippen LogP contribution >= 0.6 is 46.4 Å². The normalized spacial score (nSPS) is 12.4. The first-order valence-electron chi connectivity index (χ1n) is 7.32. The Kier molecular flexibility index (Phi) is 10.8. The van der Waals surface area contributed by atoms with E-state index in [1.165, 1.54) is 0 Å². The molecular weight excluding hydrogens is 374 g/mol. The van der Waals surface area contributed by atoms with Crippen LogP contribution in [0.3, 0.4) is 0 Å². The van der Waals surface area contributed by atoms with Crippen LogP contribution in [0.25, 0.3) is 0 Å². The molecule has 0 aromatic rings. The Balaban J connectivity index is 3.65. The van der Waals surface area contributed by atoms with E-state index in [1.54, 1.807) is 0 Å². The summed E-state index contributed by atoms with van der Waals surface area (Å²) in [6.45, 7) is 0. The Morgan fingerprint density at radius 1 is 0.727 bits per heavy atom. The summed E-state index contributed by atoms with van der Waals surface area (Å²) in [6, 6.07) is 0. The van der Waals surface area contributed by atoms with E-state index in [4.69, 9.17) is 56.6 Å². The number of alkyl halides is 4. The average Bonchev–Trinajstić information content (AvgIpc) is 2.40. The summed E-state index contributed by atoms with van der Waals surface area (Å²) in [5.41, 5.74) is 0. The van der Waals surface area contributed by atoms with Crippen LogP contribution in [0.15, 0.2) is 0 Å². The third-order valence-corrected chi connectivity index (χ3v) is 5.66. The van der Waals surface area contributed by atoms with Crippen LogP contribution in [-0.4, -0.2) is 30.8 Å². The van der Waals surface area contributed by atoms with Gasteiger partial charge in [-0.2, -0.15) is 0 Å². The molecule has 0 spiro atoms. The van der Waals surface area contributed by atoms with Crippen LogP contribution in [0.1, 0.15) is 64.2 Å². The van der Waals surface area contributed by atoms with Crippen molar-refractivity contribution in [1.82, 2.24) is 0 Å². The molecule has 0 saturated heterocycles. The minimum atomic E-state index is -2.22. The van der Waals surface area contributed by atoms with Crippen LogP contribution in [0.5, 0.6) is 0 Å². The summed E-state index contributed by atoms with van der Waals surface area (Å²) >= 11 is 23.1. The monoisotopic (exact) mass is 394 g/mol. The van der Waals surface area contributed by atoms with Crippen molar-refractivity contribution in [2.45, 2.75) is 72.9 Å². The molecule has 0 saturated carbocycles. The molecule has 0 aromatic carbocycles. The number of hydrogen-bond acceptors (Lipinski definition) is 2. The van der Waals surface area contributed by atoms with Gasteiger partial charge < -0.3 is 10.2 Å². The maximum absolute atomic E-state index is 10.9. The summed E-state index contributed by atoms with van der Waals surface area (Å²) in [7, 11) is 0. The van der Waals surface area contributed by atoms with E-state index in [0.29, 0.717) is 6.42 Å². The molecule has 0 rings (SSSR count). The number of aliphatic carboxylic acids is 2. The molecule has 0 heterocycles. The first kappa shape index (κ1) is 22.1. The molecule has 0 aliphatic carbocycles. The Morgan fingerprint density at radius 3 is 1.55 bits per heavy atom. The van der Waals surface area contributed by atoms with Gasteiger partial charge >= 0.3 is 11.9 Å². The van der Waals surface area contributed by atoms with Crippen molar-refractivity contribution in [2.24, 2.45) is 0 Å². The van der Waals surface area contributed by atoms with Crippen LogP contribution < -0.4 is 0 Å². The Bertz CT molecular complexity index is 359. The highest BCUT2D eigenvalue weighted by Crippen LogP contribution is 2.46. The average molecular weight is 396 g/mol. The van der Waals surface area contributed by atoms with Crippen molar-refractivity contribution >= 4 is 58.3 Å². The van der Waals surface area contributed by atoms with Gasteiger partial charge in [-0.05, 0) is 12.8 Å². The lowest BCUT2D eigenvalue weighted by Gasteiger charge is -2.28. The molecule has 0 atom stereocenters. The molecule has 0 aromatic heterocycles. The van der Waals surface area contributed by atoms with Crippen LogP contribution in [0.4, 0.5) is 0 Å². The van der Waals surface area contributed by atoms with Gasteiger partial charge in [0.05, 0.1) is 0 Å². The van der Waals surface area contributed by atoms with Gasteiger partial charge in [0.1, 0.15) is 0 Å². The molecule has 0 radical (unpaired) electrons. The number of carbonyl (C=O) groups is 2. The lowest BCUT2D eigenvalue weighted by Crippen LogP contribution is -2.43. The third-order valence-electron chi connectivity index (χ3n) is 3.36. The van der Waals surface area contributed by atoms with Gasteiger partial charge in [0.25, 0.3) is 0 Å². The SMILES string of the molecule is O=C(O)CCCCCCCCCCC(Cl)(Cl)C(Cl)(Cl)C(=O)O. The molecular formula is C14H22Cl4O4. The number of carboxylic acids is 2. The fourth-order valence-electron chi connectivity index (χ4n) is 2.00. The minimum absolute atomic E-state index is 0.202. The summed E-state index contributed by atoms with van der Waals surface area (Å²) in [5, 5.41) is 17.4. The highest BCUT2D eigenvalue weighted by Gasteiger charge is 2.52. The molecule has 0 aliphatic rings. The summed E-state index contributed by atoms with van der Waals surface area (Å²) in [5.74, 6) is -2.20. The van der Waals surface area contributed by atoms with Crippen molar-refractivity contribution in [3.63, 3.8) is 0 Å². The van der Waals surface area contributed by atoms with Gasteiger partial charge in [0.2, 0.25) is 4.33 Å². The molecule has 0 unspecified atom stereocenters. The van der Waals surface area contributed by atoms with Crippen LogP contribution in [0.2, 0.25) is 0 Å². The van der Waals surface area contributed by atoms with Gasteiger partial charge in [-0.15, -0.1) is 0 Å². The maximum Gasteiger partial charge on any atom is 0.343 e. The lowest BCUT2D eigenvalue weighted by molar-refractivity contribution is -0.138. The van der Waals surface area contributed by atoms with Gasteiger partial charge in [-0.25, -0.2) is 4.79 Å². The second-order valence-electron chi connectivity index (χ2n) is 5.31. The van der Waals surface area contributed by atoms with Crippen molar-refractivity contribution in [2.75, 3.05) is 0 Å². The second-order valence-corrected chi connectivity index (χ2v) is 8.12. The van der Waals surface area contributed by atoms with Gasteiger partial charge in [-0.1, -0.05) is 91.3 Å². The standard InChI is InChI=1S/C14H22Cl4O4/c15-13(16,14(17,18)12(21)22)10-8-6-4-2-1-3-5-7-9-11(19)20/h1-10H2,(H,19,20)(H,21,22). The largest absolute Gasteiger partial charge is 0.481 e. The first-order valence-corrected chi connectivity index (χ1v) is 8.83. The van der Waals surface area contributed by atoms with E-state index in [-0.39, 0.29) is 12.8 Å². The van der Waals surface area contributed by atoms with E-state index >= 15 is 0 Å². The molecule has 0 amide bonds. The third kappa shape index (κ3) is 8.66. The van der Waals surface area contributed by atoms with Crippen LogP contribution in [0, 0.1) is 0 Å². The maximum atomic E-state index is 10.9. The molecule has 0 bridgehead atoms. The predicted molar refractivity (Wildman–Crippen MR) is 90.3 cm³/mol. The number of hydrogen-bond donors (Lipinski definition) is 2. The highest BCUT2D eigenvalue weighted by atomic mass is 35.5. The molecule has 22 heavy (non-hydrogen) atoms. The summed E-state index contributed by atoms with van der Waals surface area (Å²) in [6.07, 6.45) is 7.68. The zero-order valence-electron chi connectivity index (χ0n) is 12.3. The quantitative estimate of drug-likeness (QED) is 0.323.